The number of piperazine rings is 1. The number of hydrogen-bond donors (Lipinski definition) is 5. The molecule has 0 bridgehead atoms. The first-order chi connectivity index (χ1) is 37.5. The van der Waals surface area contributed by atoms with E-state index < -0.39 is 10.0 Å². The number of allylic oxidation sites excluding steroid dienone is 2. The van der Waals surface area contributed by atoms with Crippen molar-refractivity contribution in [3.63, 3.8) is 0 Å². The lowest BCUT2D eigenvalue weighted by Crippen LogP contribution is -2.48. The minimum atomic E-state index is -3.31. The molecule has 11 nitrogen and oxygen atoms in total. The fourth-order valence-electron chi connectivity index (χ4n) is 11.1. The number of aliphatic hydroxyl groups is 2. The predicted octanol–water partition coefficient (Wildman–Crippen LogP) is 11.5. The number of aliphatic imine (C=N–C) groups is 1. The van der Waals surface area contributed by atoms with Crippen molar-refractivity contribution in [2.75, 3.05) is 62.1 Å². The second-order valence-electron chi connectivity index (χ2n) is 21.4. The van der Waals surface area contributed by atoms with Crippen molar-refractivity contribution < 1.29 is 18.6 Å². The van der Waals surface area contributed by atoms with Gasteiger partial charge in [0.05, 0.1) is 10.9 Å². The number of nitrogens with zero attached hydrogens (tertiary/aromatic N) is 4. The molecule has 12 heteroatoms. The largest absolute Gasteiger partial charge is 0.396 e. The minimum Gasteiger partial charge on any atom is -0.396 e. The van der Waals surface area contributed by atoms with Crippen LogP contribution in [0, 0.1) is 0 Å². The van der Waals surface area contributed by atoms with E-state index in [0.29, 0.717) is 30.5 Å². The second kappa shape index (κ2) is 26.2. The summed E-state index contributed by atoms with van der Waals surface area (Å²) < 4.78 is 27.7. The summed E-state index contributed by atoms with van der Waals surface area (Å²) in [7, 11) is -3.31. The highest BCUT2D eigenvalue weighted by molar-refractivity contribution is 7.93. The molecule has 2 saturated heterocycles. The average molecular weight is 1050 g/mol. The molecule has 0 radical (unpaired) electrons. The van der Waals surface area contributed by atoms with Crippen molar-refractivity contribution in [1.82, 2.24) is 9.80 Å². The van der Waals surface area contributed by atoms with Gasteiger partial charge in [-0.1, -0.05) is 121 Å². The van der Waals surface area contributed by atoms with Crippen LogP contribution in [-0.2, 0) is 10.0 Å². The summed E-state index contributed by atoms with van der Waals surface area (Å²) >= 11 is 0. The Morgan fingerprint density at radius 3 is 1.48 bits per heavy atom. The highest BCUT2D eigenvalue weighted by Gasteiger charge is 2.36. The lowest BCUT2D eigenvalue weighted by molar-refractivity contribution is 0.203. The van der Waals surface area contributed by atoms with Crippen LogP contribution in [0.4, 0.5) is 17.1 Å². The summed E-state index contributed by atoms with van der Waals surface area (Å²) in [6, 6.07) is 56.1. The topological polar surface area (TPSA) is 161 Å². The quantitative estimate of drug-likeness (QED) is 0.0285. The van der Waals surface area contributed by atoms with Crippen LogP contribution < -0.4 is 21.1 Å². The van der Waals surface area contributed by atoms with E-state index in [1.165, 1.54) is 61.2 Å². The molecule has 0 aromatic heterocycles. The Kier molecular flexibility index (Phi) is 18.8. The van der Waals surface area contributed by atoms with Gasteiger partial charge in [-0.25, -0.2) is 13.4 Å². The Morgan fingerprint density at radius 1 is 0.571 bits per heavy atom. The normalized spacial score (nSPS) is 17.2. The standard InChI is InChI=1S/C34H40N2O3S.C31H39N5O/c37-24-4-7-33(27-5-2-1-3-6-27)34(29-12-14-30(15-13-29)35-40(38,39)32-18-19-32)28-10-8-25(9-11-28)26-20-22-36(23-21-26)31-16-17-31;1-23(2)35-18-20-36(21-19-35)28-16-12-26(13-17-28)30(25-10-14-27(15-11-25)34-31(32)33)29(9-6-22-37)24-7-4-3-5-8-24/h1-3,5-6,8-15,26,31-32,35,37H,4,7,16-24H2;3-5,7-8,10-17,23,37H,6,9,18-22H2,1-2H3,(H4,32,33,34)/b34-33+;30-29-. The molecule has 10 rings (SSSR count). The van der Waals surface area contributed by atoms with Crippen LogP contribution in [0.5, 0.6) is 0 Å². The minimum absolute atomic E-state index is 0.0428. The smallest absolute Gasteiger partial charge is 0.235 e. The summed E-state index contributed by atoms with van der Waals surface area (Å²) in [6.45, 7) is 11.5. The Bertz CT molecular complexity index is 3030. The van der Waals surface area contributed by atoms with E-state index >= 15 is 0 Å². The van der Waals surface area contributed by atoms with E-state index in [1.807, 2.05) is 48.5 Å². The number of nitrogens with two attached hydrogens (primary N) is 2. The van der Waals surface area contributed by atoms with Gasteiger partial charge < -0.3 is 31.5 Å². The van der Waals surface area contributed by atoms with Gasteiger partial charge in [-0.05, 0) is 195 Å². The zero-order valence-corrected chi connectivity index (χ0v) is 45.9. The Labute approximate surface area is 458 Å². The highest BCUT2D eigenvalue weighted by atomic mass is 32.2. The zero-order chi connectivity index (χ0) is 53.7. The summed E-state index contributed by atoms with van der Waals surface area (Å²) in [4.78, 5) is 11.9. The van der Waals surface area contributed by atoms with Crippen molar-refractivity contribution in [3.8, 4) is 0 Å². The molecule has 0 amide bonds. The first-order valence-corrected chi connectivity index (χ1v) is 29.6. The van der Waals surface area contributed by atoms with E-state index in [4.69, 9.17) is 11.5 Å². The van der Waals surface area contributed by atoms with Crippen molar-refractivity contribution in [3.05, 3.63) is 197 Å². The molecule has 404 valence electrons. The first-order valence-electron chi connectivity index (χ1n) is 28.0. The molecule has 0 atom stereocenters. The van der Waals surface area contributed by atoms with Crippen molar-refractivity contribution in [2.45, 2.75) is 101 Å². The third kappa shape index (κ3) is 14.7. The maximum Gasteiger partial charge on any atom is 0.235 e. The van der Waals surface area contributed by atoms with Crippen molar-refractivity contribution >= 4 is 55.3 Å². The molecule has 2 aliphatic carbocycles. The lowest BCUT2D eigenvalue weighted by Gasteiger charge is -2.38. The molecular weight excluding hydrogens is 975 g/mol. The fourth-order valence-corrected chi connectivity index (χ4v) is 12.5. The Balaban J connectivity index is 0.000000188. The van der Waals surface area contributed by atoms with Crippen LogP contribution in [0.3, 0.4) is 0 Å². The second-order valence-corrected chi connectivity index (χ2v) is 23.4. The number of nitrogens with one attached hydrogen (secondary N) is 1. The molecule has 6 aromatic rings. The molecule has 7 N–H and O–H groups in total. The third-order valence-corrected chi connectivity index (χ3v) is 17.5. The molecule has 4 fully saturated rings. The molecule has 0 spiro atoms. The third-order valence-electron chi connectivity index (χ3n) is 15.7. The zero-order valence-electron chi connectivity index (χ0n) is 45.1. The van der Waals surface area contributed by atoms with Crippen LogP contribution in [0.15, 0.2) is 163 Å². The van der Waals surface area contributed by atoms with Gasteiger partial charge in [0.1, 0.15) is 0 Å². The molecule has 2 aliphatic heterocycles. The molecular formula is C65H79N7O4S. The Hall–Kier alpha value is -6.54. The number of piperidine rings is 1. The fraction of sp³-hybridized carbons (Fsp3) is 0.369. The lowest BCUT2D eigenvalue weighted by atomic mass is 9.85. The summed E-state index contributed by atoms with van der Waals surface area (Å²) in [6.07, 6.45) is 9.55. The van der Waals surface area contributed by atoms with E-state index in [9.17, 15) is 18.6 Å². The number of anilines is 2. The van der Waals surface area contributed by atoms with Gasteiger partial charge >= 0.3 is 0 Å². The van der Waals surface area contributed by atoms with Crippen LogP contribution >= 0.6 is 0 Å². The van der Waals surface area contributed by atoms with Crippen LogP contribution in [0.2, 0.25) is 0 Å². The molecule has 77 heavy (non-hydrogen) atoms. The van der Waals surface area contributed by atoms with E-state index in [0.717, 1.165) is 108 Å². The van der Waals surface area contributed by atoms with Crippen molar-refractivity contribution in [1.29, 1.82) is 0 Å². The first kappa shape index (κ1) is 55.2. The number of rotatable bonds is 20. The molecule has 0 unspecified atom stereocenters. The van der Waals surface area contributed by atoms with Gasteiger partial charge in [0, 0.05) is 62.9 Å². The highest BCUT2D eigenvalue weighted by Crippen LogP contribution is 2.40. The molecule has 2 heterocycles. The number of benzene rings is 6. The number of likely N-dealkylation sites (tertiary alicyclic amines) is 1. The summed E-state index contributed by atoms with van der Waals surface area (Å²) in [5.41, 5.74) is 26.5. The van der Waals surface area contributed by atoms with Crippen LogP contribution in [-0.4, -0.2) is 104 Å². The Morgan fingerprint density at radius 2 is 1.04 bits per heavy atom. The summed E-state index contributed by atoms with van der Waals surface area (Å²) in [5.74, 6) is 0.652. The van der Waals surface area contributed by atoms with E-state index in [-0.39, 0.29) is 24.4 Å². The predicted molar refractivity (Wildman–Crippen MR) is 320 cm³/mol. The average Bonchev–Trinajstić information content (AvgIpc) is 4.41. The van der Waals surface area contributed by atoms with E-state index in [2.05, 4.69) is 147 Å². The van der Waals surface area contributed by atoms with Gasteiger partial charge in [-0.15, -0.1) is 0 Å². The van der Waals surface area contributed by atoms with Gasteiger partial charge in [-0.3, -0.25) is 9.62 Å². The molecule has 2 saturated carbocycles. The van der Waals surface area contributed by atoms with Crippen LogP contribution in [0.1, 0.15) is 123 Å². The SMILES string of the molecule is CC(C)N1CCN(c2ccc(/C(=C(/CCCO)c3ccccc3)c3ccc(N=C(N)N)cc3)cc2)CC1.O=S(=O)(Nc1ccc(/C(=C(\CCCO)c2ccccc2)c2ccc(C3CCN(C4CC4)CC3)cc2)cc1)C1CC1. The molecule has 6 aromatic carbocycles. The summed E-state index contributed by atoms with van der Waals surface area (Å²) in [5, 5.41) is 19.1. The van der Waals surface area contributed by atoms with Gasteiger partial charge in [-0.2, -0.15) is 0 Å². The van der Waals surface area contributed by atoms with Crippen molar-refractivity contribution in [2.24, 2.45) is 16.5 Å². The van der Waals surface area contributed by atoms with Crippen LogP contribution in [0.25, 0.3) is 22.3 Å². The molecule has 4 aliphatic rings. The number of aliphatic hydroxyl groups excluding tert-OH is 2. The van der Waals surface area contributed by atoms with Gasteiger partial charge in [0.15, 0.2) is 5.96 Å². The number of guanidine groups is 1. The maximum atomic E-state index is 12.5. The van der Waals surface area contributed by atoms with Gasteiger partial charge in [0.2, 0.25) is 10.0 Å². The van der Waals surface area contributed by atoms with E-state index in [1.54, 1.807) is 0 Å². The number of sulfonamides is 1. The monoisotopic (exact) mass is 1050 g/mol. The number of hydrogen-bond acceptors (Lipinski definition) is 8. The maximum absolute atomic E-state index is 12.5. The van der Waals surface area contributed by atoms with Gasteiger partial charge in [0.25, 0.3) is 0 Å².